The smallest absolute Gasteiger partial charge is 0.226 e. The molecule has 0 radical (unpaired) electrons. The van der Waals surface area contributed by atoms with Gasteiger partial charge in [-0.2, -0.15) is 9.97 Å². The van der Waals surface area contributed by atoms with Crippen LogP contribution in [0.1, 0.15) is 6.92 Å². The van der Waals surface area contributed by atoms with E-state index in [4.69, 9.17) is 0 Å². The Morgan fingerprint density at radius 3 is 2.95 bits per heavy atom. The van der Waals surface area contributed by atoms with Crippen LogP contribution in [-0.4, -0.2) is 33.5 Å². The lowest BCUT2D eigenvalue weighted by molar-refractivity contribution is 0.628. The first-order valence-corrected chi connectivity index (χ1v) is 6.63. The van der Waals surface area contributed by atoms with Crippen molar-refractivity contribution in [1.29, 1.82) is 0 Å². The van der Waals surface area contributed by atoms with E-state index >= 15 is 0 Å². The second kappa shape index (κ2) is 5.35. The molecular formula is C14H15FN6. The standard InChI is InChI=1S/C14H15FN6/c1-3-16-14-19-12-11(17-8-18-12)13(20-14)21(2)10-6-4-5-9(15)7-10/h4-8H,3H2,1-2H3,(H2,16,17,18,19,20). The van der Waals surface area contributed by atoms with E-state index < -0.39 is 0 Å². The second-order valence-electron chi connectivity index (χ2n) is 4.54. The van der Waals surface area contributed by atoms with Crippen LogP contribution < -0.4 is 10.2 Å². The highest BCUT2D eigenvalue weighted by Crippen LogP contribution is 2.28. The summed E-state index contributed by atoms with van der Waals surface area (Å²) in [7, 11) is 1.83. The van der Waals surface area contributed by atoms with Gasteiger partial charge in [-0.25, -0.2) is 9.37 Å². The SMILES string of the molecule is CCNc1nc(N(C)c2cccc(F)c2)c2[nH]cnc2n1. The van der Waals surface area contributed by atoms with Gasteiger partial charge in [0.05, 0.1) is 6.33 Å². The average Bonchev–Trinajstić information content (AvgIpc) is 2.94. The number of H-pyrrole nitrogens is 1. The van der Waals surface area contributed by atoms with Crippen LogP contribution in [0.2, 0.25) is 0 Å². The molecule has 0 amide bonds. The molecule has 1 aromatic carbocycles. The van der Waals surface area contributed by atoms with E-state index in [2.05, 4.69) is 25.3 Å². The van der Waals surface area contributed by atoms with Crippen molar-refractivity contribution in [2.24, 2.45) is 0 Å². The number of hydrogen-bond donors (Lipinski definition) is 2. The summed E-state index contributed by atoms with van der Waals surface area (Å²) in [6.45, 7) is 2.67. The number of fused-ring (bicyclic) bond motifs is 1. The molecule has 7 heteroatoms. The van der Waals surface area contributed by atoms with E-state index in [1.54, 1.807) is 17.3 Å². The fraction of sp³-hybridized carbons (Fsp3) is 0.214. The van der Waals surface area contributed by atoms with Crippen molar-refractivity contribution in [3.8, 4) is 0 Å². The lowest BCUT2D eigenvalue weighted by Gasteiger charge is -2.19. The Bertz CT molecular complexity index is 769. The zero-order valence-electron chi connectivity index (χ0n) is 11.8. The molecule has 0 aliphatic heterocycles. The predicted octanol–water partition coefficient (Wildman–Crippen LogP) is 2.69. The molecule has 6 nitrogen and oxygen atoms in total. The molecule has 0 fully saturated rings. The number of benzene rings is 1. The van der Waals surface area contributed by atoms with Gasteiger partial charge in [0.2, 0.25) is 5.95 Å². The highest BCUT2D eigenvalue weighted by molar-refractivity contribution is 5.86. The fourth-order valence-corrected chi connectivity index (χ4v) is 2.10. The molecule has 3 aromatic rings. The Morgan fingerprint density at radius 1 is 1.33 bits per heavy atom. The van der Waals surface area contributed by atoms with Crippen LogP contribution in [0.4, 0.5) is 21.8 Å². The van der Waals surface area contributed by atoms with Crippen LogP contribution in [0.15, 0.2) is 30.6 Å². The summed E-state index contributed by atoms with van der Waals surface area (Å²) < 4.78 is 13.4. The largest absolute Gasteiger partial charge is 0.354 e. The maximum Gasteiger partial charge on any atom is 0.226 e. The number of imidazole rings is 1. The van der Waals surface area contributed by atoms with Gasteiger partial charge in [-0.05, 0) is 25.1 Å². The summed E-state index contributed by atoms with van der Waals surface area (Å²) in [4.78, 5) is 17.8. The van der Waals surface area contributed by atoms with Crippen LogP contribution in [0, 0.1) is 5.82 Å². The minimum atomic E-state index is -0.291. The highest BCUT2D eigenvalue weighted by atomic mass is 19.1. The van der Waals surface area contributed by atoms with Crippen molar-refractivity contribution >= 4 is 28.6 Å². The number of hydrogen-bond acceptors (Lipinski definition) is 5. The van der Waals surface area contributed by atoms with Crippen LogP contribution in [0.5, 0.6) is 0 Å². The molecule has 21 heavy (non-hydrogen) atoms. The van der Waals surface area contributed by atoms with Crippen molar-refractivity contribution in [3.05, 3.63) is 36.4 Å². The van der Waals surface area contributed by atoms with Crippen molar-refractivity contribution in [2.75, 3.05) is 23.8 Å². The maximum absolute atomic E-state index is 13.4. The highest BCUT2D eigenvalue weighted by Gasteiger charge is 2.15. The number of rotatable bonds is 4. The van der Waals surface area contributed by atoms with Crippen molar-refractivity contribution in [3.63, 3.8) is 0 Å². The van der Waals surface area contributed by atoms with Gasteiger partial charge < -0.3 is 15.2 Å². The molecule has 0 aliphatic carbocycles. The lowest BCUT2D eigenvalue weighted by Crippen LogP contribution is -2.14. The molecule has 0 saturated carbocycles. The van der Waals surface area contributed by atoms with Crippen LogP contribution in [0.25, 0.3) is 11.2 Å². The quantitative estimate of drug-likeness (QED) is 0.771. The van der Waals surface area contributed by atoms with E-state index in [9.17, 15) is 4.39 Å². The van der Waals surface area contributed by atoms with Crippen LogP contribution in [-0.2, 0) is 0 Å². The molecule has 2 N–H and O–H groups in total. The third-order valence-electron chi connectivity index (χ3n) is 3.11. The lowest BCUT2D eigenvalue weighted by atomic mass is 10.3. The Balaban J connectivity index is 2.11. The number of nitrogens with one attached hydrogen (secondary N) is 2. The molecule has 0 saturated heterocycles. The van der Waals surface area contributed by atoms with E-state index in [0.29, 0.717) is 35.2 Å². The van der Waals surface area contributed by atoms with E-state index in [1.165, 1.54) is 12.1 Å². The van der Waals surface area contributed by atoms with Gasteiger partial charge >= 0.3 is 0 Å². The molecule has 2 heterocycles. The van der Waals surface area contributed by atoms with E-state index in [0.717, 1.165) is 0 Å². The van der Waals surface area contributed by atoms with Crippen LogP contribution in [0.3, 0.4) is 0 Å². The van der Waals surface area contributed by atoms with Crippen molar-refractivity contribution in [1.82, 2.24) is 19.9 Å². The van der Waals surface area contributed by atoms with Gasteiger partial charge in [0.15, 0.2) is 11.5 Å². The number of nitrogens with zero attached hydrogens (tertiary/aromatic N) is 4. The Kier molecular flexibility index (Phi) is 3.39. The third kappa shape index (κ3) is 2.49. The van der Waals surface area contributed by atoms with Crippen molar-refractivity contribution < 1.29 is 4.39 Å². The molecule has 108 valence electrons. The predicted molar refractivity (Wildman–Crippen MR) is 80.3 cm³/mol. The molecule has 0 spiro atoms. The van der Waals surface area contributed by atoms with E-state index in [-0.39, 0.29) is 5.82 Å². The first-order valence-electron chi connectivity index (χ1n) is 6.63. The summed E-state index contributed by atoms with van der Waals surface area (Å²) in [5, 5.41) is 3.07. The molecule has 0 atom stereocenters. The molecule has 0 aliphatic rings. The fourth-order valence-electron chi connectivity index (χ4n) is 2.10. The number of halogens is 1. The summed E-state index contributed by atoms with van der Waals surface area (Å²) in [5.74, 6) is 0.843. The minimum Gasteiger partial charge on any atom is -0.354 e. The van der Waals surface area contributed by atoms with Gasteiger partial charge in [-0.15, -0.1) is 0 Å². The maximum atomic E-state index is 13.4. The molecule has 2 aromatic heterocycles. The van der Waals surface area contributed by atoms with Gasteiger partial charge in [0, 0.05) is 19.3 Å². The second-order valence-corrected chi connectivity index (χ2v) is 4.54. The number of aromatic amines is 1. The zero-order chi connectivity index (χ0) is 14.8. The topological polar surface area (TPSA) is 69.7 Å². The number of aromatic nitrogens is 4. The third-order valence-corrected chi connectivity index (χ3v) is 3.11. The summed E-state index contributed by atoms with van der Waals surface area (Å²) in [6.07, 6.45) is 1.57. The Labute approximate surface area is 121 Å². The molecule has 0 unspecified atom stereocenters. The van der Waals surface area contributed by atoms with Crippen molar-refractivity contribution in [2.45, 2.75) is 6.92 Å². The average molecular weight is 286 g/mol. The van der Waals surface area contributed by atoms with Gasteiger partial charge in [-0.1, -0.05) is 6.07 Å². The number of anilines is 3. The molecular weight excluding hydrogens is 271 g/mol. The zero-order valence-corrected chi connectivity index (χ0v) is 11.8. The van der Waals surface area contributed by atoms with Gasteiger partial charge in [-0.3, -0.25) is 0 Å². The molecule has 3 rings (SSSR count). The van der Waals surface area contributed by atoms with E-state index in [1.807, 2.05) is 20.0 Å². The van der Waals surface area contributed by atoms with Crippen LogP contribution >= 0.6 is 0 Å². The normalized spacial score (nSPS) is 10.8. The Morgan fingerprint density at radius 2 is 2.19 bits per heavy atom. The van der Waals surface area contributed by atoms with Gasteiger partial charge in [0.1, 0.15) is 11.3 Å². The summed E-state index contributed by atoms with van der Waals surface area (Å²) in [6, 6.07) is 6.35. The Hall–Kier alpha value is -2.70. The minimum absolute atomic E-state index is 0.291. The first kappa shape index (κ1) is 13.3. The molecule has 0 bridgehead atoms. The first-order chi connectivity index (χ1) is 10.2. The monoisotopic (exact) mass is 286 g/mol. The summed E-state index contributed by atoms with van der Waals surface area (Å²) in [5.41, 5.74) is 1.98. The summed E-state index contributed by atoms with van der Waals surface area (Å²) >= 11 is 0. The van der Waals surface area contributed by atoms with Gasteiger partial charge in [0.25, 0.3) is 0 Å².